The Bertz CT molecular complexity index is 213. The van der Waals surface area contributed by atoms with Crippen molar-refractivity contribution in [3.8, 4) is 0 Å². The van der Waals surface area contributed by atoms with Crippen LogP contribution in [0.3, 0.4) is 0 Å². The zero-order valence-electron chi connectivity index (χ0n) is 5.84. The van der Waals surface area contributed by atoms with Gasteiger partial charge >= 0.3 is 5.97 Å². The maximum atomic E-state index is 10.6. The maximum absolute atomic E-state index is 10.6. The van der Waals surface area contributed by atoms with Gasteiger partial charge in [0.2, 0.25) is 0 Å². The number of ether oxygens (including phenoxy) is 1. The van der Waals surface area contributed by atoms with Crippen molar-refractivity contribution in [3.05, 3.63) is 12.2 Å². The van der Waals surface area contributed by atoms with Crippen molar-refractivity contribution < 1.29 is 13.7 Å². The van der Waals surface area contributed by atoms with Gasteiger partial charge in [-0.05, 0) is 6.92 Å². The van der Waals surface area contributed by atoms with Gasteiger partial charge in [-0.3, -0.25) is 0 Å². The second-order valence-electron chi connectivity index (χ2n) is 1.74. The van der Waals surface area contributed by atoms with Gasteiger partial charge in [-0.15, -0.1) is 0 Å². The summed E-state index contributed by atoms with van der Waals surface area (Å²) >= 11 is 0.153. The highest BCUT2D eigenvalue weighted by Crippen LogP contribution is 1.91. The second-order valence-corrected chi connectivity index (χ2v) is 2.49. The summed E-state index contributed by atoms with van der Waals surface area (Å²) in [6.07, 6.45) is 0. The summed E-state index contributed by atoms with van der Waals surface area (Å²) in [7, 11) is 0. The molecule has 0 amide bonds. The van der Waals surface area contributed by atoms with Gasteiger partial charge in [0.1, 0.15) is 11.3 Å². The van der Waals surface area contributed by atoms with Crippen molar-refractivity contribution in [1.82, 2.24) is 0 Å². The maximum Gasteiger partial charge on any atom is 0.339 e. The molecule has 0 saturated heterocycles. The molecule has 0 aromatic carbocycles. The van der Waals surface area contributed by atoms with Crippen LogP contribution in [0, 0.1) is 0 Å². The van der Waals surface area contributed by atoms with Crippen LogP contribution >= 0.6 is 0 Å². The first-order valence-corrected chi connectivity index (χ1v) is 3.33. The van der Waals surface area contributed by atoms with Crippen LogP contribution in [-0.2, 0) is 20.8 Å². The van der Waals surface area contributed by atoms with Gasteiger partial charge in [-0.2, -0.15) is 0 Å². The molecule has 0 radical (unpaired) electrons. The molecule has 0 atom stereocenters. The minimum atomic E-state index is -0.555. The predicted molar refractivity (Wildman–Crippen MR) is 39.7 cm³/mol. The summed E-state index contributed by atoms with van der Waals surface area (Å²) in [5, 5.41) is 0.0907. The molecule has 0 aromatic heterocycles. The molecule has 4 heteroatoms. The van der Waals surface area contributed by atoms with Crippen LogP contribution in [0.25, 0.3) is 0 Å². The second kappa shape index (κ2) is 4.00. The van der Waals surface area contributed by atoms with Crippen LogP contribution in [0.1, 0.15) is 13.8 Å². The minimum absolute atomic E-state index is 0.0907. The van der Waals surface area contributed by atoms with Crippen molar-refractivity contribution >= 4 is 22.3 Å². The highest BCUT2D eigenvalue weighted by atomic mass is 32.1. The predicted octanol–water partition coefficient (Wildman–Crippen LogP) is 0.468. The number of hydrogen-bond acceptors (Lipinski definition) is 3. The molecule has 0 N–H and O–H groups in total. The molecule has 0 aliphatic carbocycles. The van der Waals surface area contributed by atoms with Crippen molar-refractivity contribution in [2.24, 2.45) is 0 Å². The first-order valence-electron chi connectivity index (χ1n) is 2.59. The zero-order valence-corrected chi connectivity index (χ0v) is 6.66. The fourth-order valence-corrected chi connectivity index (χ4v) is 0.344. The van der Waals surface area contributed by atoms with E-state index in [0.29, 0.717) is 0 Å². The average Bonchev–Trinajstić information content (AvgIpc) is 1.87. The lowest BCUT2D eigenvalue weighted by molar-refractivity contribution is -0.130. The lowest BCUT2D eigenvalue weighted by atomic mass is 10.4. The van der Waals surface area contributed by atoms with Gasteiger partial charge in [0.15, 0.2) is 5.05 Å². The van der Waals surface area contributed by atoms with E-state index in [4.69, 9.17) is 0 Å². The van der Waals surface area contributed by atoms with E-state index in [-0.39, 0.29) is 21.9 Å². The quantitative estimate of drug-likeness (QED) is 0.318. The first kappa shape index (κ1) is 9.10. The Labute approximate surface area is 62.8 Å². The molecule has 0 rings (SSSR count). The summed E-state index contributed by atoms with van der Waals surface area (Å²) in [6, 6.07) is 0. The fourth-order valence-electron chi connectivity index (χ4n) is 0.235. The lowest BCUT2D eigenvalue weighted by Crippen LogP contribution is -2.09. The van der Waals surface area contributed by atoms with Crippen molar-refractivity contribution in [2.45, 2.75) is 13.8 Å². The van der Waals surface area contributed by atoms with E-state index in [1.165, 1.54) is 13.8 Å². The number of esters is 1. The van der Waals surface area contributed by atoms with E-state index in [2.05, 4.69) is 11.3 Å². The third-order valence-electron chi connectivity index (χ3n) is 0.702. The monoisotopic (exact) mass is 160 g/mol. The number of rotatable bonds is 1. The van der Waals surface area contributed by atoms with Gasteiger partial charge < -0.3 is 4.74 Å². The van der Waals surface area contributed by atoms with E-state index in [1.807, 2.05) is 0 Å². The molecule has 0 saturated carbocycles. The van der Waals surface area contributed by atoms with E-state index < -0.39 is 5.97 Å². The molecule has 0 spiro atoms. The lowest BCUT2D eigenvalue weighted by Gasteiger charge is -1.97. The standard InChI is InChI=1S/C6H8O3S/c1-4(2)6(7)9-5(3)10-8/h1H2,2-3H3. The molecule has 0 aromatic rings. The van der Waals surface area contributed by atoms with Crippen molar-refractivity contribution in [1.29, 1.82) is 0 Å². The molecule has 0 aliphatic rings. The third kappa shape index (κ3) is 3.19. The Morgan fingerprint density at radius 1 is 1.50 bits per heavy atom. The zero-order chi connectivity index (χ0) is 8.15. The van der Waals surface area contributed by atoms with Crippen LogP contribution in [0.2, 0.25) is 0 Å². The molecule has 3 nitrogen and oxygen atoms in total. The van der Waals surface area contributed by atoms with Crippen LogP contribution in [-0.4, -0.2) is 15.2 Å². The topological polar surface area (TPSA) is 43.4 Å². The molecule has 0 heterocycles. The fraction of sp³-hybridized carbons (Fsp3) is 0.333. The van der Waals surface area contributed by atoms with Crippen LogP contribution in [0.5, 0.6) is 0 Å². The smallest absolute Gasteiger partial charge is 0.339 e. The molecular formula is C6H8O3S. The van der Waals surface area contributed by atoms with Crippen molar-refractivity contribution in [3.63, 3.8) is 0 Å². The minimum Gasteiger partial charge on any atom is -0.414 e. The summed E-state index contributed by atoms with van der Waals surface area (Å²) in [5.41, 5.74) is 0.286. The van der Waals surface area contributed by atoms with E-state index in [1.54, 1.807) is 0 Å². The molecular weight excluding hydrogens is 152 g/mol. The molecule has 0 fully saturated rings. The molecule has 0 unspecified atom stereocenters. The number of carbonyl (C=O) groups is 1. The SMILES string of the molecule is C=C(C)C(=O)OC(C)=S=O. The summed E-state index contributed by atoms with van der Waals surface area (Å²) in [5.74, 6) is -0.555. The molecule has 10 heavy (non-hydrogen) atoms. The Kier molecular flexibility index (Phi) is 3.64. The van der Waals surface area contributed by atoms with Gasteiger partial charge in [0, 0.05) is 12.5 Å². The normalized spacial score (nSPS) is 8.20. The number of hydrogen-bond donors (Lipinski definition) is 0. The van der Waals surface area contributed by atoms with Gasteiger partial charge in [0.25, 0.3) is 0 Å². The Morgan fingerprint density at radius 3 is 2.30 bits per heavy atom. The van der Waals surface area contributed by atoms with Gasteiger partial charge in [-0.25, -0.2) is 9.00 Å². The molecule has 0 bridgehead atoms. The van der Waals surface area contributed by atoms with Gasteiger partial charge in [0.05, 0.1) is 0 Å². The van der Waals surface area contributed by atoms with Crippen LogP contribution < -0.4 is 0 Å². The number of carbonyl (C=O) groups excluding carboxylic acids is 1. The largest absolute Gasteiger partial charge is 0.414 e. The van der Waals surface area contributed by atoms with E-state index in [0.717, 1.165) is 0 Å². The highest BCUT2D eigenvalue weighted by molar-refractivity contribution is 7.66. The van der Waals surface area contributed by atoms with Crippen LogP contribution in [0.4, 0.5) is 0 Å². The first-order chi connectivity index (χ1) is 4.57. The Hall–Kier alpha value is -0.900. The Balaban J connectivity index is 4.06. The Morgan fingerprint density at radius 2 is 2.00 bits per heavy atom. The van der Waals surface area contributed by atoms with Crippen LogP contribution in [0.15, 0.2) is 12.2 Å². The summed E-state index contributed by atoms with van der Waals surface area (Å²) < 4.78 is 14.5. The van der Waals surface area contributed by atoms with E-state index in [9.17, 15) is 9.00 Å². The highest BCUT2D eigenvalue weighted by Gasteiger charge is 2.03. The third-order valence-corrected chi connectivity index (χ3v) is 1.02. The van der Waals surface area contributed by atoms with Crippen molar-refractivity contribution in [2.75, 3.05) is 0 Å². The summed E-state index contributed by atoms with van der Waals surface area (Å²) in [6.45, 7) is 6.29. The van der Waals surface area contributed by atoms with Gasteiger partial charge in [-0.1, -0.05) is 6.58 Å². The molecule has 0 aliphatic heterocycles. The summed E-state index contributed by atoms with van der Waals surface area (Å²) in [4.78, 5) is 10.6. The van der Waals surface area contributed by atoms with E-state index >= 15 is 0 Å². The average molecular weight is 160 g/mol. The molecule has 56 valence electrons.